The van der Waals surface area contributed by atoms with Crippen LogP contribution in [0.25, 0.3) is 0 Å². The molecule has 0 atom stereocenters. The Kier molecular flexibility index (Phi) is 3.84. The van der Waals surface area contributed by atoms with Gasteiger partial charge in [0.2, 0.25) is 0 Å². The smallest absolute Gasteiger partial charge is 0.276 e. The zero-order valence-electron chi connectivity index (χ0n) is 10.6. The minimum Gasteiger partial charge on any atom is -0.396 e. The van der Waals surface area contributed by atoms with Crippen LogP contribution in [-0.2, 0) is 0 Å². The van der Waals surface area contributed by atoms with Gasteiger partial charge in [-0.15, -0.1) is 0 Å². The van der Waals surface area contributed by atoms with Gasteiger partial charge in [-0.25, -0.2) is 4.98 Å². The van der Waals surface area contributed by atoms with E-state index in [9.17, 15) is 15.2 Å². The van der Waals surface area contributed by atoms with Crippen molar-refractivity contribution in [2.24, 2.45) is 5.41 Å². The van der Waals surface area contributed by atoms with Gasteiger partial charge in [0.15, 0.2) is 0 Å². The van der Waals surface area contributed by atoms with Gasteiger partial charge in [0, 0.05) is 12.0 Å². The van der Waals surface area contributed by atoms with E-state index >= 15 is 0 Å². The first-order valence-corrected chi connectivity index (χ1v) is 6.31. The number of hydrogen-bond acceptors (Lipinski definition) is 6. The van der Waals surface area contributed by atoms with Gasteiger partial charge in [-0.2, -0.15) is 0 Å². The third-order valence-corrected chi connectivity index (χ3v) is 3.68. The number of nitrogens with one attached hydrogen (secondary N) is 1. The molecule has 0 amide bonds. The molecule has 7 nitrogen and oxygen atoms in total. The van der Waals surface area contributed by atoms with Crippen LogP contribution >= 0.6 is 0 Å². The van der Waals surface area contributed by atoms with Crippen molar-refractivity contribution in [3.8, 4) is 0 Å². The quantitative estimate of drug-likeness (QED) is 0.550. The van der Waals surface area contributed by atoms with E-state index in [2.05, 4.69) is 10.3 Å². The molecule has 1 aliphatic rings. The largest absolute Gasteiger partial charge is 0.396 e. The maximum Gasteiger partial charge on any atom is 0.276 e. The first kappa shape index (κ1) is 13.5. The average molecular weight is 266 g/mol. The van der Waals surface area contributed by atoms with Crippen molar-refractivity contribution in [2.45, 2.75) is 25.7 Å². The van der Waals surface area contributed by atoms with Gasteiger partial charge in [0.1, 0.15) is 11.6 Å². The number of nitro groups is 1. The molecule has 0 radical (unpaired) electrons. The molecule has 0 aliphatic heterocycles. The lowest BCUT2D eigenvalue weighted by molar-refractivity contribution is -0.384. The number of anilines is 2. The van der Waals surface area contributed by atoms with Crippen LogP contribution in [0, 0.1) is 15.5 Å². The average Bonchev–Trinajstić information content (AvgIpc) is 2.85. The highest BCUT2D eigenvalue weighted by Crippen LogP contribution is 2.37. The van der Waals surface area contributed by atoms with Gasteiger partial charge in [-0.05, 0) is 12.8 Å². The molecule has 0 unspecified atom stereocenters. The number of nitrogens with two attached hydrogens (primary N) is 1. The lowest BCUT2D eigenvalue weighted by Gasteiger charge is -2.26. The van der Waals surface area contributed by atoms with E-state index in [0.29, 0.717) is 12.4 Å². The number of pyridine rings is 1. The lowest BCUT2D eigenvalue weighted by atomic mass is 9.87. The van der Waals surface area contributed by atoms with Crippen LogP contribution in [0.5, 0.6) is 0 Å². The summed E-state index contributed by atoms with van der Waals surface area (Å²) in [5.41, 5.74) is 5.32. The highest BCUT2D eigenvalue weighted by molar-refractivity contribution is 5.52. The second kappa shape index (κ2) is 5.40. The predicted molar refractivity (Wildman–Crippen MR) is 71.8 cm³/mol. The highest BCUT2D eigenvalue weighted by atomic mass is 16.6. The van der Waals surface area contributed by atoms with E-state index in [1.54, 1.807) is 0 Å². The van der Waals surface area contributed by atoms with Crippen molar-refractivity contribution >= 4 is 17.3 Å². The van der Waals surface area contributed by atoms with Crippen molar-refractivity contribution in [3.63, 3.8) is 0 Å². The zero-order chi connectivity index (χ0) is 13.9. The molecule has 2 rings (SSSR count). The molecule has 4 N–H and O–H groups in total. The summed E-state index contributed by atoms with van der Waals surface area (Å²) in [6.45, 7) is 0.668. The second-order valence-electron chi connectivity index (χ2n) is 5.11. The van der Waals surface area contributed by atoms with Crippen molar-refractivity contribution in [2.75, 3.05) is 24.2 Å². The zero-order valence-corrected chi connectivity index (χ0v) is 10.6. The molecule has 1 aromatic rings. The number of nitrogen functional groups attached to an aromatic ring is 1. The minimum absolute atomic E-state index is 0.0838. The molecule has 1 saturated carbocycles. The van der Waals surface area contributed by atoms with E-state index in [-0.39, 0.29) is 23.5 Å². The van der Waals surface area contributed by atoms with Crippen molar-refractivity contribution in [1.29, 1.82) is 0 Å². The van der Waals surface area contributed by atoms with E-state index in [1.807, 2.05) is 0 Å². The Morgan fingerprint density at radius 3 is 2.74 bits per heavy atom. The number of rotatable bonds is 5. The second-order valence-corrected chi connectivity index (χ2v) is 5.11. The molecule has 104 valence electrons. The van der Waals surface area contributed by atoms with Gasteiger partial charge in [0.25, 0.3) is 5.69 Å². The van der Waals surface area contributed by atoms with Crippen molar-refractivity contribution in [1.82, 2.24) is 4.98 Å². The number of aliphatic hydroxyl groups is 1. The molecule has 1 heterocycles. The molecular formula is C12H18N4O3. The fourth-order valence-corrected chi connectivity index (χ4v) is 2.53. The third kappa shape index (κ3) is 3.11. The number of hydrogen-bond donors (Lipinski definition) is 3. The molecule has 0 bridgehead atoms. The highest BCUT2D eigenvalue weighted by Gasteiger charge is 2.33. The Bertz CT molecular complexity index is 472. The summed E-state index contributed by atoms with van der Waals surface area (Å²) in [4.78, 5) is 14.3. The van der Waals surface area contributed by atoms with Gasteiger partial charge in [0.05, 0.1) is 23.7 Å². The number of nitrogens with zero attached hydrogens (tertiary/aromatic N) is 2. The Balaban J connectivity index is 2.08. The van der Waals surface area contributed by atoms with Crippen LogP contribution in [0.2, 0.25) is 0 Å². The maximum atomic E-state index is 10.7. The predicted octanol–water partition coefficient (Wildman–Crippen LogP) is 1.54. The SMILES string of the molecule is Nc1cc([N+](=O)[O-])cc(NCC2(CO)CCCC2)n1. The van der Waals surface area contributed by atoms with Crippen LogP contribution in [0.4, 0.5) is 17.3 Å². The molecule has 7 heteroatoms. The summed E-state index contributed by atoms with van der Waals surface area (Å²) in [7, 11) is 0. The fraction of sp³-hybridized carbons (Fsp3) is 0.583. The summed E-state index contributed by atoms with van der Waals surface area (Å²) in [6.07, 6.45) is 4.13. The molecule has 0 spiro atoms. The normalized spacial score (nSPS) is 17.3. The van der Waals surface area contributed by atoms with Gasteiger partial charge < -0.3 is 16.2 Å². The molecule has 19 heavy (non-hydrogen) atoms. The first-order chi connectivity index (χ1) is 9.04. The molecular weight excluding hydrogens is 248 g/mol. The Morgan fingerprint density at radius 2 is 2.16 bits per heavy atom. The summed E-state index contributed by atoms with van der Waals surface area (Å²) in [5.74, 6) is 0.493. The standard InChI is InChI=1S/C12H18N4O3/c13-10-5-9(16(18)19)6-11(15-10)14-7-12(8-17)3-1-2-4-12/h5-6,17H,1-4,7-8H2,(H3,13,14,15). The molecule has 1 fully saturated rings. The van der Waals surface area contributed by atoms with Crippen LogP contribution in [0.15, 0.2) is 12.1 Å². The van der Waals surface area contributed by atoms with Crippen LogP contribution in [0.3, 0.4) is 0 Å². The number of aromatic nitrogens is 1. The number of aliphatic hydroxyl groups excluding tert-OH is 1. The molecule has 1 aromatic heterocycles. The van der Waals surface area contributed by atoms with Gasteiger partial charge in [-0.1, -0.05) is 12.8 Å². The van der Waals surface area contributed by atoms with Crippen molar-refractivity contribution < 1.29 is 10.0 Å². The summed E-state index contributed by atoms with van der Waals surface area (Å²) in [5, 5.41) is 23.3. The molecule has 0 saturated heterocycles. The summed E-state index contributed by atoms with van der Waals surface area (Å²) >= 11 is 0. The minimum atomic E-state index is -0.499. The van der Waals surface area contributed by atoms with Crippen LogP contribution in [0.1, 0.15) is 25.7 Å². The maximum absolute atomic E-state index is 10.7. The lowest BCUT2D eigenvalue weighted by Crippen LogP contribution is -2.30. The topological polar surface area (TPSA) is 114 Å². The van der Waals surface area contributed by atoms with Gasteiger partial charge >= 0.3 is 0 Å². The Hall–Kier alpha value is -1.89. The van der Waals surface area contributed by atoms with E-state index in [1.165, 1.54) is 12.1 Å². The molecule has 1 aliphatic carbocycles. The van der Waals surface area contributed by atoms with Crippen LogP contribution in [-0.4, -0.2) is 28.2 Å². The van der Waals surface area contributed by atoms with Gasteiger partial charge in [-0.3, -0.25) is 10.1 Å². The van der Waals surface area contributed by atoms with E-state index in [4.69, 9.17) is 5.73 Å². The molecule has 0 aromatic carbocycles. The third-order valence-electron chi connectivity index (χ3n) is 3.68. The summed E-state index contributed by atoms with van der Waals surface area (Å²) < 4.78 is 0. The first-order valence-electron chi connectivity index (χ1n) is 6.31. The summed E-state index contributed by atoms with van der Waals surface area (Å²) in [6, 6.07) is 2.58. The fourth-order valence-electron chi connectivity index (χ4n) is 2.53. The monoisotopic (exact) mass is 266 g/mol. The van der Waals surface area contributed by atoms with Crippen molar-refractivity contribution in [3.05, 3.63) is 22.2 Å². The van der Waals surface area contributed by atoms with Crippen LogP contribution < -0.4 is 11.1 Å². The van der Waals surface area contributed by atoms with E-state index < -0.39 is 4.92 Å². The Morgan fingerprint density at radius 1 is 1.47 bits per heavy atom. The Labute approximate surface area is 111 Å². The van der Waals surface area contributed by atoms with E-state index in [0.717, 1.165) is 25.7 Å².